The molecule has 1 nitrogen and oxygen atoms in total. The van der Waals surface area contributed by atoms with E-state index in [-0.39, 0.29) is 12.4 Å². The molecular weight excluding hydrogens is 310 g/mol. The molecule has 0 fully saturated rings. The van der Waals surface area contributed by atoms with Gasteiger partial charge in [-0.1, -0.05) is 29.5 Å². The van der Waals surface area contributed by atoms with Gasteiger partial charge in [0.2, 0.25) is 0 Å². The Morgan fingerprint density at radius 2 is 1.86 bits per heavy atom. The molecule has 0 unspecified atom stereocenters. The quantitative estimate of drug-likeness (QED) is 0.566. The molecule has 0 heterocycles. The molecule has 108 valence electrons. The van der Waals surface area contributed by atoms with Crippen LogP contribution in [0, 0.1) is 17.7 Å². The lowest BCUT2D eigenvalue weighted by Crippen LogP contribution is -1.98. The van der Waals surface area contributed by atoms with Crippen molar-refractivity contribution in [2.75, 3.05) is 5.88 Å². The van der Waals surface area contributed by atoms with Crippen LogP contribution < -0.4 is 4.74 Å². The third-order valence-electron chi connectivity index (χ3n) is 2.72. The SMILES string of the molecule is Fc1cc(Cl)ccc1COc1ccc(C#CCCCl)cc1. The van der Waals surface area contributed by atoms with Crippen molar-refractivity contribution in [1.82, 2.24) is 0 Å². The summed E-state index contributed by atoms with van der Waals surface area (Å²) in [5.41, 5.74) is 1.36. The zero-order valence-electron chi connectivity index (χ0n) is 11.2. The lowest BCUT2D eigenvalue weighted by molar-refractivity contribution is 0.300. The summed E-state index contributed by atoms with van der Waals surface area (Å²) in [7, 11) is 0. The van der Waals surface area contributed by atoms with Gasteiger partial charge in [-0.05, 0) is 36.4 Å². The van der Waals surface area contributed by atoms with E-state index in [1.54, 1.807) is 24.3 Å². The Bertz CT molecular complexity index is 657. The van der Waals surface area contributed by atoms with E-state index >= 15 is 0 Å². The van der Waals surface area contributed by atoms with E-state index in [9.17, 15) is 4.39 Å². The third kappa shape index (κ3) is 4.97. The largest absolute Gasteiger partial charge is 0.489 e. The Balaban J connectivity index is 1.96. The third-order valence-corrected chi connectivity index (χ3v) is 3.14. The fraction of sp³-hybridized carbons (Fsp3) is 0.176. The number of halogens is 3. The van der Waals surface area contributed by atoms with Crippen molar-refractivity contribution in [2.24, 2.45) is 0 Å². The van der Waals surface area contributed by atoms with Gasteiger partial charge >= 0.3 is 0 Å². The number of ether oxygens (including phenoxy) is 1. The average molecular weight is 323 g/mol. The number of alkyl halides is 1. The van der Waals surface area contributed by atoms with Crippen LogP contribution in [0.2, 0.25) is 5.02 Å². The van der Waals surface area contributed by atoms with Crippen molar-refractivity contribution >= 4 is 23.2 Å². The second kappa shape index (κ2) is 7.93. The van der Waals surface area contributed by atoms with Gasteiger partial charge in [0.25, 0.3) is 0 Å². The van der Waals surface area contributed by atoms with Crippen LogP contribution in [0.3, 0.4) is 0 Å². The molecule has 0 N–H and O–H groups in total. The topological polar surface area (TPSA) is 9.23 Å². The van der Waals surface area contributed by atoms with Crippen LogP contribution in [0.1, 0.15) is 17.5 Å². The van der Waals surface area contributed by atoms with Crippen molar-refractivity contribution in [3.05, 3.63) is 64.4 Å². The molecule has 0 aromatic heterocycles. The Hall–Kier alpha value is -1.69. The van der Waals surface area contributed by atoms with Gasteiger partial charge in [0.1, 0.15) is 18.2 Å². The molecule has 0 saturated heterocycles. The van der Waals surface area contributed by atoms with Gasteiger partial charge in [-0.2, -0.15) is 0 Å². The number of hydrogen-bond acceptors (Lipinski definition) is 1. The highest BCUT2D eigenvalue weighted by atomic mass is 35.5. The first-order valence-corrected chi connectivity index (χ1v) is 7.32. The van der Waals surface area contributed by atoms with E-state index in [1.165, 1.54) is 6.07 Å². The first-order chi connectivity index (χ1) is 10.2. The van der Waals surface area contributed by atoms with Gasteiger partial charge in [0.05, 0.1) is 0 Å². The summed E-state index contributed by atoms with van der Waals surface area (Å²) in [6, 6.07) is 11.8. The molecule has 2 rings (SSSR count). The lowest BCUT2D eigenvalue weighted by atomic mass is 10.2. The minimum absolute atomic E-state index is 0.153. The zero-order valence-corrected chi connectivity index (χ0v) is 12.7. The first kappa shape index (κ1) is 15.7. The lowest BCUT2D eigenvalue weighted by Gasteiger charge is -2.07. The fourth-order valence-electron chi connectivity index (χ4n) is 1.65. The summed E-state index contributed by atoms with van der Waals surface area (Å²) >= 11 is 11.3. The van der Waals surface area contributed by atoms with Gasteiger partial charge in [0, 0.05) is 28.5 Å². The summed E-state index contributed by atoms with van der Waals surface area (Å²) in [5.74, 6) is 6.77. The van der Waals surface area contributed by atoms with Crippen molar-refractivity contribution in [3.8, 4) is 17.6 Å². The Labute approximate surface area is 133 Å². The highest BCUT2D eigenvalue weighted by molar-refractivity contribution is 6.30. The molecule has 0 amide bonds. The number of hydrogen-bond donors (Lipinski definition) is 0. The van der Waals surface area contributed by atoms with E-state index in [0.717, 1.165) is 5.56 Å². The summed E-state index contributed by atoms with van der Waals surface area (Å²) < 4.78 is 19.1. The maximum absolute atomic E-state index is 13.6. The van der Waals surface area contributed by atoms with Crippen molar-refractivity contribution in [2.45, 2.75) is 13.0 Å². The van der Waals surface area contributed by atoms with Crippen LogP contribution in [-0.4, -0.2) is 5.88 Å². The molecule has 2 aromatic carbocycles. The van der Waals surface area contributed by atoms with Crippen LogP contribution in [-0.2, 0) is 6.61 Å². The molecule has 0 aliphatic heterocycles. The predicted octanol–water partition coefficient (Wildman–Crippen LogP) is 5.04. The second-order valence-electron chi connectivity index (χ2n) is 4.29. The van der Waals surface area contributed by atoms with E-state index in [0.29, 0.717) is 28.6 Å². The molecule has 2 aromatic rings. The Kier molecular flexibility index (Phi) is 5.92. The van der Waals surface area contributed by atoms with Gasteiger partial charge in [-0.3, -0.25) is 0 Å². The maximum atomic E-state index is 13.6. The van der Waals surface area contributed by atoms with Crippen molar-refractivity contribution < 1.29 is 9.13 Å². The molecule has 0 aliphatic carbocycles. The van der Waals surface area contributed by atoms with E-state index < -0.39 is 0 Å². The Morgan fingerprint density at radius 3 is 2.52 bits per heavy atom. The number of rotatable bonds is 4. The van der Waals surface area contributed by atoms with Gasteiger partial charge in [0.15, 0.2) is 0 Å². The molecule has 21 heavy (non-hydrogen) atoms. The van der Waals surface area contributed by atoms with Crippen molar-refractivity contribution in [3.63, 3.8) is 0 Å². The van der Waals surface area contributed by atoms with Gasteiger partial charge in [-0.15, -0.1) is 11.6 Å². The highest BCUT2D eigenvalue weighted by Gasteiger charge is 2.03. The van der Waals surface area contributed by atoms with Crippen LogP contribution >= 0.6 is 23.2 Å². The van der Waals surface area contributed by atoms with Gasteiger partial charge < -0.3 is 4.74 Å². The zero-order chi connectivity index (χ0) is 15.1. The molecule has 0 saturated carbocycles. The maximum Gasteiger partial charge on any atom is 0.131 e. The first-order valence-electron chi connectivity index (χ1n) is 6.40. The van der Waals surface area contributed by atoms with E-state index in [1.807, 2.05) is 12.1 Å². The van der Waals surface area contributed by atoms with Crippen LogP contribution in [0.25, 0.3) is 0 Å². The summed E-state index contributed by atoms with van der Waals surface area (Å²) in [6.07, 6.45) is 0.662. The standard InChI is InChI=1S/C17H13Cl2FO/c18-10-2-1-3-13-4-8-16(9-5-13)21-12-14-6-7-15(19)11-17(14)20/h4-9,11H,2,10,12H2. The summed E-state index contributed by atoms with van der Waals surface area (Å²) in [4.78, 5) is 0. The van der Waals surface area contributed by atoms with Crippen LogP contribution in [0.5, 0.6) is 5.75 Å². The predicted molar refractivity (Wildman–Crippen MR) is 84.4 cm³/mol. The molecule has 0 bridgehead atoms. The molecule has 4 heteroatoms. The Morgan fingerprint density at radius 1 is 1.10 bits per heavy atom. The normalized spacial score (nSPS) is 9.86. The van der Waals surface area contributed by atoms with E-state index in [4.69, 9.17) is 27.9 Å². The average Bonchev–Trinajstić information content (AvgIpc) is 2.48. The van der Waals surface area contributed by atoms with Crippen LogP contribution in [0.4, 0.5) is 4.39 Å². The van der Waals surface area contributed by atoms with Gasteiger partial charge in [-0.25, -0.2) is 4.39 Å². The van der Waals surface area contributed by atoms with E-state index in [2.05, 4.69) is 11.8 Å². The van der Waals surface area contributed by atoms with Crippen molar-refractivity contribution in [1.29, 1.82) is 0 Å². The summed E-state index contributed by atoms with van der Waals surface area (Å²) in [6.45, 7) is 0.153. The summed E-state index contributed by atoms with van der Waals surface area (Å²) in [5, 5.41) is 0.371. The number of benzene rings is 2. The minimum Gasteiger partial charge on any atom is -0.489 e. The minimum atomic E-state index is -0.369. The fourth-order valence-corrected chi connectivity index (χ4v) is 1.90. The monoisotopic (exact) mass is 322 g/mol. The van der Waals surface area contributed by atoms with Crippen LogP contribution in [0.15, 0.2) is 42.5 Å². The smallest absolute Gasteiger partial charge is 0.131 e. The molecule has 0 radical (unpaired) electrons. The molecular formula is C17H13Cl2FO. The second-order valence-corrected chi connectivity index (χ2v) is 5.10. The highest BCUT2D eigenvalue weighted by Crippen LogP contribution is 2.18. The molecule has 0 atom stereocenters. The molecule has 0 aliphatic rings. The molecule has 0 spiro atoms.